The Morgan fingerprint density at radius 3 is 2.37 bits per heavy atom. The Hall–Kier alpha value is -4.58. The van der Waals surface area contributed by atoms with Crippen LogP contribution in [-0.2, 0) is 19.1 Å². The minimum absolute atomic E-state index is 0.0545. The van der Waals surface area contributed by atoms with Crippen LogP contribution in [0.2, 0.25) is 0 Å². The van der Waals surface area contributed by atoms with Crippen LogP contribution in [-0.4, -0.2) is 34.6 Å². The first-order chi connectivity index (χ1) is 18.0. The lowest BCUT2D eigenvalue weighted by Gasteiger charge is -2.16. The molecule has 1 heterocycles. The first kappa shape index (κ1) is 28.0. The maximum absolute atomic E-state index is 12.4. The number of anilines is 1. The molecule has 12 heteroatoms. The van der Waals surface area contributed by atoms with Crippen LogP contribution in [0.25, 0.3) is 0 Å². The number of aromatic nitrogens is 1. The topological polar surface area (TPSA) is 174 Å². The fourth-order valence-corrected chi connectivity index (χ4v) is 3.71. The Morgan fingerprint density at radius 2 is 1.74 bits per heavy atom. The van der Waals surface area contributed by atoms with Crippen LogP contribution in [0.4, 0.5) is 5.69 Å². The summed E-state index contributed by atoms with van der Waals surface area (Å²) in [6, 6.07) is 12.5. The average molecular weight is 582 g/mol. The summed E-state index contributed by atoms with van der Waals surface area (Å²) in [4.78, 5) is 51.5. The molecule has 0 unspecified atom stereocenters. The molecule has 0 saturated carbocycles. The number of amides is 2. The number of nitrogens with one attached hydrogen (secondary N) is 3. The van der Waals surface area contributed by atoms with E-state index in [1.54, 1.807) is 49.4 Å². The van der Waals surface area contributed by atoms with E-state index in [1.165, 1.54) is 18.5 Å². The van der Waals surface area contributed by atoms with Gasteiger partial charge in [0.2, 0.25) is 11.8 Å². The van der Waals surface area contributed by atoms with Gasteiger partial charge in [-0.1, -0.05) is 6.07 Å². The lowest BCUT2D eigenvalue weighted by atomic mass is 10.1. The molecule has 196 valence electrons. The van der Waals surface area contributed by atoms with Gasteiger partial charge in [0.05, 0.1) is 22.3 Å². The Morgan fingerprint density at radius 1 is 1.03 bits per heavy atom. The highest BCUT2D eigenvalue weighted by atomic mass is 79.9. The van der Waals surface area contributed by atoms with E-state index in [9.17, 15) is 19.2 Å². The number of carbonyl (C=O) groups excluding carboxylic acids is 4. The highest BCUT2D eigenvalue weighted by molar-refractivity contribution is 9.10. The molecule has 0 aliphatic carbocycles. The third kappa shape index (κ3) is 7.96. The molecule has 2 aromatic carbocycles. The normalized spacial score (nSPS) is 11.1. The summed E-state index contributed by atoms with van der Waals surface area (Å²) in [7, 11) is 0. The van der Waals surface area contributed by atoms with Crippen LogP contribution < -0.4 is 21.1 Å². The summed E-state index contributed by atoms with van der Waals surface area (Å²) in [5.74, 6) is -1.94. The van der Waals surface area contributed by atoms with Crippen molar-refractivity contribution >= 4 is 51.2 Å². The predicted octanol–water partition coefficient (Wildman–Crippen LogP) is 3.83. The molecule has 5 N–H and O–H groups in total. The Labute approximate surface area is 226 Å². The van der Waals surface area contributed by atoms with Crippen LogP contribution in [0.3, 0.4) is 0 Å². The second kappa shape index (κ2) is 12.6. The number of nitrogens with two attached hydrogens (primary N) is 1. The molecule has 1 aromatic heterocycles. The molecule has 3 aromatic rings. The third-order valence-electron chi connectivity index (χ3n) is 5.05. The van der Waals surface area contributed by atoms with Gasteiger partial charge in [-0.3, -0.25) is 24.8 Å². The van der Waals surface area contributed by atoms with Crippen molar-refractivity contribution < 1.29 is 28.7 Å². The summed E-state index contributed by atoms with van der Waals surface area (Å²) in [6.45, 7) is 2.90. The second-order valence-corrected chi connectivity index (χ2v) is 8.94. The first-order valence-corrected chi connectivity index (χ1v) is 12.0. The average Bonchev–Trinajstić information content (AvgIpc) is 2.85. The minimum atomic E-state index is -0.839. The van der Waals surface area contributed by atoms with E-state index >= 15 is 0 Å². The van der Waals surface area contributed by atoms with Crippen LogP contribution in [0.1, 0.15) is 47.8 Å². The number of nitrogens with zero attached hydrogens (tertiary/aromatic N) is 1. The number of hydrogen-bond acceptors (Lipinski definition) is 8. The minimum Gasteiger partial charge on any atom is -0.455 e. The fraction of sp³-hybridized carbons (Fsp3) is 0.154. The van der Waals surface area contributed by atoms with Crippen molar-refractivity contribution in [1.82, 2.24) is 10.3 Å². The molecule has 0 bridgehead atoms. The summed E-state index contributed by atoms with van der Waals surface area (Å²) in [5.41, 5.74) is 7.22. The van der Waals surface area contributed by atoms with Crippen molar-refractivity contribution in [1.29, 1.82) is 5.41 Å². The third-order valence-corrected chi connectivity index (χ3v) is 5.67. The smallest absolute Gasteiger partial charge is 0.347 e. The number of ether oxygens (including phenoxy) is 2. The molecule has 0 aliphatic rings. The molecular formula is C26H24BrN5O6. The van der Waals surface area contributed by atoms with Gasteiger partial charge in [-0.15, -0.1) is 0 Å². The number of carbonyl (C=O) groups is 4. The molecule has 0 fully saturated rings. The number of hydrogen-bond donors (Lipinski definition) is 4. The van der Waals surface area contributed by atoms with Crippen molar-refractivity contribution in [2.75, 3.05) is 5.32 Å². The van der Waals surface area contributed by atoms with Crippen molar-refractivity contribution in [3.05, 3.63) is 82.1 Å². The monoisotopic (exact) mass is 581 g/mol. The van der Waals surface area contributed by atoms with E-state index in [0.717, 1.165) is 12.5 Å². The zero-order valence-electron chi connectivity index (χ0n) is 20.4. The second-order valence-electron chi connectivity index (χ2n) is 8.09. The number of halogens is 1. The fourth-order valence-electron chi connectivity index (χ4n) is 3.23. The van der Waals surface area contributed by atoms with Gasteiger partial charge in [0, 0.05) is 24.4 Å². The molecule has 0 aliphatic heterocycles. The molecule has 0 saturated heterocycles. The standard InChI is InChI=1S/C26H24BrN5O6/c1-14(31-23(34)11-24(35)32-19-6-3-16(4-7-19)25(28)29)17-5-8-22(21(27)10-17)38-20-9-18(12-30-13-20)26(36)37-15(2)33/h3-10,12-14H,11H2,1-2H3,(H3,28,29)(H,31,34)(H,32,35)/t14-/m0/s1. The van der Waals surface area contributed by atoms with Gasteiger partial charge in [0.25, 0.3) is 0 Å². The molecule has 3 rings (SSSR count). The Bertz CT molecular complexity index is 1390. The Kier molecular flexibility index (Phi) is 9.28. The van der Waals surface area contributed by atoms with E-state index < -0.39 is 29.8 Å². The van der Waals surface area contributed by atoms with Crippen LogP contribution in [0, 0.1) is 5.41 Å². The first-order valence-electron chi connectivity index (χ1n) is 11.2. The molecule has 0 spiro atoms. The molecule has 11 nitrogen and oxygen atoms in total. The number of amidine groups is 1. The Balaban J connectivity index is 1.57. The van der Waals surface area contributed by atoms with Crippen molar-refractivity contribution in [2.24, 2.45) is 5.73 Å². The van der Waals surface area contributed by atoms with Crippen molar-refractivity contribution in [2.45, 2.75) is 26.3 Å². The molecular weight excluding hydrogens is 558 g/mol. The number of esters is 2. The lowest BCUT2D eigenvalue weighted by Crippen LogP contribution is -2.30. The van der Waals surface area contributed by atoms with Gasteiger partial charge < -0.3 is 25.8 Å². The van der Waals surface area contributed by atoms with Gasteiger partial charge in [-0.05, 0) is 70.9 Å². The van der Waals surface area contributed by atoms with Crippen LogP contribution in [0.15, 0.2) is 65.4 Å². The van der Waals surface area contributed by atoms with E-state index in [0.29, 0.717) is 21.5 Å². The van der Waals surface area contributed by atoms with E-state index in [-0.39, 0.29) is 23.6 Å². The number of pyridine rings is 1. The summed E-state index contributed by atoms with van der Waals surface area (Å²) in [5, 5.41) is 12.8. The number of nitrogen functional groups attached to an aromatic ring is 1. The van der Waals surface area contributed by atoms with Crippen molar-refractivity contribution in [3.63, 3.8) is 0 Å². The van der Waals surface area contributed by atoms with Gasteiger partial charge in [-0.25, -0.2) is 4.79 Å². The molecule has 0 radical (unpaired) electrons. The SMILES string of the molecule is CC(=O)OC(=O)c1cncc(Oc2ccc([C@H](C)NC(=O)CC(=O)Nc3ccc(C(=N)N)cc3)cc2Br)c1. The highest BCUT2D eigenvalue weighted by Crippen LogP contribution is 2.32. The summed E-state index contributed by atoms with van der Waals surface area (Å²) in [6.07, 6.45) is 2.28. The van der Waals surface area contributed by atoms with Crippen molar-refractivity contribution in [3.8, 4) is 11.5 Å². The van der Waals surface area contributed by atoms with E-state index in [2.05, 4.69) is 36.3 Å². The maximum atomic E-state index is 12.4. The van der Waals surface area contributed by atoms with E-state index in [4.69, 9.17) is 15.9 Å². The highest BCUT2D eigenvalue weighted by Gasteiger charge is 2.16. The quantitative estimate of drug-likeness (QED) is 0.128. The van der Waals surface area contributed by atoms with Crippen LogP contribution in [0.5, 0.6) is 11.5 Å². The molecule has 1 atom stereocenters. The maximum Gasteiger partial charge on any atom is 0.347 e. The number of benzene rings is 2. The molecule has 2 amide bonds. The lowest BCUT2D eigenvalue weighted by molar-refractivity contribution is -0.135. The summed E-state index contributed by atoms with van der Waals surface area (Å²) >= 11 is 3.43. The van der Waals surface area contributed by atoms with Gasteiger partial charge in [-0.2, -0.15) is 0 Å². The van der Waals surface area contributed by atoms with Gasteiger partial charge >= 0.3 is 11.9 Å². The zero-order valence-corrected chi connectivity index (χ0v) is 22.0. The molecule has 38 heavy (non-hydrogen) atoms. The van der Waals surface area contributed by atoms with E-state index in [1.807, 2.05) is 0 Å². The zero-order chi connectivity index (χ0) is 27.8. The summed E-state index contributed by atoms with van der Waals surface area (Å²) < 4.78 is 10.9. The largest absolute Gasteiger partial charge is 0.455 e. The predicted molar refractivity (Wildman–Crippen MR) is 142 cm³/mol. The van der Waals surface area contributed by atoms with Crippen LogP contribution >= 0.6 is 15.9 Å². The number of rotatable bonds is 9. The van der Waals surface area contributed by atoms with Gasteiger partial charge in [0.15, 0.2) is 0 Å². The van der Waals surface area contributed by atoms with Gasteiger partial charge in [0.1, 0.15) is 23.8 Å².